The molecule has 0 fully saturated rings. The molecule has 0 aliphatic carbocycles. The molecule has 0 spiro atoms. The molecule has 19 heavy (non-hydrogen) atoms. The first kappa shape index (κ1) is 13.9. The van der Waals surface area contributed by atoms with Crippen molar-refractivity contribution in [3.05, 3.63) is 46.2 Å². The van der Waals surface area contributed by atoms with E-state index < -0.39 is 0 Å². The van der Waals surface area contributed by atoms with Gasteiger partial charge in [0.05, 0.1) is 5.69 Å². The van der Waals surface area contributed by atoms with E-state index in [2.05, 4.69) is 5.10 Å². The van der Waals surface area contributed by atoms with E-state index in [4.69, 9.17) is 22.1 Å². The van der Waals surface area contributed by atoms with Gasteiger partial charge >= 0.3 is 0 Å². The van der Waals surface area contributed by atoms with Crippen molar-refractivity contribution in [2.24, 2.45) is 12.8 Å². The standard InChI is InChI=1S/C14H18ClN3O/c1-9(16)11-6-4-5-7-13(11)19-8-12-10(2)17-18(3)14(12)15/h4-7,9H,8,16H2,1-3H3/t9-/m1/s1. The molecule has 5 heteroatoms. The maximum atomic E-state index is 6.18. The maximum absolute atomic E-state index is 6.18. The van der Waals surface area contributed by atoms with Gasteiger partial charge in [-0.25, -0.2) is 0 Å². The number of hydrogen-bond donors (Lipinski definition) is 1. The Bertz CT molecular complexity index is 578. The predicted octanol–water partition coefficient (Wildman–Crippen LogP) is 2.98. The quantitative estimate of drug-likeness (QED) is 0.936. The molecule has 4 nitrogen and oxygen atoms in total. The van der Waals surface area contributed by atoms with Crippen molar-refractivity contribution >= 4 is 11.6 Å². The van der Waals surface area contributed by atoms with Gasteiger partial charge in [-0.05, 0) is 19.9 Å². The van der Waals surface area contributed by atoms with Crippen LogP contribution in [0.1, 0.15) is 29.8 Å². The van der Waals surface area contributed by atoms with Gasteiger partial charge in [-0.1, -0.05) is 29.8 Å². The van der Waals surface area contributed by atoms with Crippen LogP contribution >= 0.6 is 11.6 Å². The lowest BCUT2D eigenvalue weighted by Crippen LogP contribution is -2.08. The molecule has 1 aromatic heterocycles. The Hall–Kier alpha value is -1.52. The third-order valence-electron chi connectivity index (χ3n) is 3.05. The van der Waals surface area contributed by atoms with Crippen molar-refractivity contribution in [3.63, 3.8) is 0 Å². The first-order valence-corrected chi connectivity index (χ1v) is 6.53. The summed E-state index contributed by atoms with van der Waals surface area (Å²) in [7, 11) is 1.81. The Morgan fingerprint density at radius 3 is 2.68 bits per heavy atom. The Morgan fingerprint density at radius 2 is 2.11 bits per heavy atom. The number of rotatable bonds is 4. The van der Waals surface area contributed by atoms with Crippen LogP contribution in [0.15, 0.2) is 24.3 Å². The number of para-hydroxylation sites is 1. The van der Waals surface area contributed by atoms with Crippen LogP contribution in [0.4, 0.5) is 0 Å². The van der Waals surface area contributed by atoms with Gasteiger partial charge in [-0.2, -0.15) is 5.10 Å². The van der Waals surface area contributed by atoms with Crippen molar-refractivity contribution in [1.29, 1.82) is 0 Å². The number of benzene rings is 1. The molecule has 2 N–H and O–H groups in total. The molecular weight excluding hydrogens is 262 g/mol. The highest BCUT2D eigenvalue weighted by molar-refractivity contribution is 6.30. The number of ether oxygens (including phenoxy) is 1. The monoisotopic (exact) mass is 279 g/mol. The fourth-order valence-electron chi connectivity index (χ4n) is 1.98. The highest BCUT2D eigenvalue weighted by Gasteiger charge is 2.13. The zero-order valence-corrected chi connectivity index (χ0v) is 12.1. The van der Waals surface area contributed by atoms with E-state index in [0.717, 1.165) is 22.6 Å². The predicted molar refractivity (Wildman–Crippen MR) is 76.3 cm³/mol. The molecule has 1 atom stereocenters. The zero-order chi connectivity index (χ0) is 14.0. The fraction of sp³-hybridized carbons (Fsp3) is 0.357. The van der Waals surface area contributed by atoms with E-state index in [9.17, 15) is 0 Å². The summed E-state index contributed by atoms with van der Waals surface area (Å²) < 4.78 is 7.49. The summed E-state index contributed by atoms with van der Waals surface area (Å²) in [4.78, 5) is 0. The van der Waals surface area contributed by atoms with Crippen molar-refractivity contribution in [2.75, 3.05) is 0 Å². The number of aryl methyl sites for hydroxylation is 2. The molecular formula is C14H18ClN3O. The smallest absolute Gasteiger partial charge is 0.133 e. The van der Waals surface area contributed by atoms with E-state index in [1.54, 1.807) is 4.68 Å². The molecule has 0 saturated heterocycles. The van der Waals surface area contributed by atoms with Crippen molar-refractivity contribution in [1.82, 2.24) is 9.78 Å². The van der Waals surface area contributed by atoms with Gasteiger partial charge in [-0.15, -0.1) is 0 Å². The van der Waals surface area contributed by atoms with Crippen LogP contribution in [0.2, 0.25) is 5.15 Å². The van der Waals surface area contributed by atoms with E-state index >= 15 is 0 Å². The second-order valence-corrected chi connectivity index (χ2v) is 4.95. The van der Waals surface area contributed by atoms with Crippen LogP contribution in [0.5, 0.6) is 5.75 Å². The summed E-state index contributed by atoms with van der Waals surface area (Å²) in [6, 6.07) is 7.70. The van der Waals surface area contributed by atoms with Gasteiger partial charge in [0.25, 0.3) is 0 Å². The third kappa shape index (κ3) is 2.91. The largest absolute Gasteiger partial charge is 0.488 e. The number of halogens is 1. The second kappa shape index (κ2) is 5.63. The average Bonchev–Trinajstić information content (AvgIpc) is 2.61. The maximum Gasteiger partial charge on any atom is 0.133 e. The van der Waals surface area contributed by atoms with E-state index in [-0.39, 0.29) is 6.04 Å². The minimum absolute atomic E-state index is 0.0679. The first-order valence-electron chi connectivity index (χ1n) is 6.16. The Morgan fingerprint density at radius 1 is 1.42 bits per heavy atom. The first-order chi connectivity index (χ1) is 9.00. The van der Waals surface area contributed by atoms with Gasteiger partial charge in [-0.3, -0.25) is 4.68 Å². The Labute approximate surface area is 118 Å². The minimum Gasteiger partial charge on any atom is -0.488 e. The summed E-state index contributed by atoms with van der Waals surface area (Å²) in [5, 5.41) is 4.87. The van der Waals surface area contributed by atoms with Gasteiger partial charge in [0.15, 0.2) is 0 Å². The summed E-state index contributed by atoms with van der Waals surface area (Å²) in [6.45, 7) is 4.24. The molecule has 2 aromatic rings. The number of nitrogens with zero attached hydrogens (tertiary/aromatic N) is 2. The molecule has 0 saturated carbocycles. The van der Waals surface area contributed by atoms with Gasteiger partial charge < -0.3 is 10.5 Å². The van der Waals surface area contributed by atoms with Gasteiger partial charge in [0.1, 0.15) is 17.5 Å². The van der Waals surface area contributed by atoms with Crippen molar-refractivity contribution in [3.8, 4) is 5.75 Å². The van der Waals surface area contributed by atoms with Crippen LogP contribution in [0.3, 0.4) is 0 Å². The molecule has 0 radical (unpaired) electrons. The Kier molecular flexibility index (Phi) is 4.12. The molecule has 102 valence electrons. The van der Waals surface area contributed by atoms with Crippen LogP contribution < -0.4 is 10.5 Å². The topological polar surface area (TPSA) is 53.1 Å². The molecule has 1 aromatic carbocycles. The van der Waals surface area contributed by atoms with E-state index in [1.807, 2.05) is 45.2 Å². The lowest BCUT2D eigenvalue weighted by atomic mass is 10.1. The van der Waals surface area contributed by atoms with Gasteiger partial charge in [0, 0.05) is 24.2 Å². The van der Waals surface area contributed by atoms with Crippen LogP contribution in [-0.4, -0.2) is 9.78 Å². The average molecular weight is 280 g/mol. The summed E-state index contributed by atoms with van der Waals surface area (Å²) in [5.41, 5.74) is 8.70. The normalized spacial score (nSPS) is 12.5. The number of aromatic nitrogens is 2. The number of nitrogens with two attached hydrogens (primary N) is 1. The highest BCUT2D eigenvalue weighted by atomic mass is 35.5. The summed E-state index contributed by atoms with van der Waals surface area (Å²) in [5.74, 6) is 0.789. The lowest BCUT2D eigenvalue weighted by molar-refractivity contribution is 0.301. The molecule has 1 heterocycles. The minimum atomic E-state index is -0.0679. The zero-order valence-electron chi connectivity index (χ0n) is 11.4. The second-order valence-electron chi connectivity index (χ2n) is 4.59. The molecule has 2 rings (SSSR count). The van der Waals surface area contributed by atoms with Crippen molar-refractivity contribution < 1.29 is 4.74 Å². The fourth-order valence-corrected chi connectivity index (χ4v) is 2.21. The molecule has 0 unspecified atom stereocenters. The third-order valence-corrected chi connectivity index (χ3v) is 3.52. The van der Waals surface area contributed by atoms with Crippen LogP contribution in [0.25, 0.3) is 0 Å². The number of hydrogen-bond acceptors (Lipinski definition) is 3. The SMILES string of the molecule is Cc1nn(C)c(Cl)c1COc1ccccc1[C@@H](C)N. The van der Waals surface area contributed by atoms with E-state index in [1.165, 1.54) is 0 Å². The van der Waals surface area contributed by atoms with Crippen molar-refractivity contribution in [2.45, 2.75) is 26.5 Å². The summed E-state index contributed by atoms with van der Waals surface area (Å²) in [6.07, 6.45) is 0. The van der Waals surface area contributed by atoms with Gasteiger partial charge in [0.2, 0.25) is 0 Å². The van der Waals surface area contributed by atoms with E-state index in [0.29, 0.717) is 11.8 Å². The molecule has 0 amide bonds. The Balaban J connectivity index is 2.19. The van der Waals surface area contributed by atoms with Crippen LogP contribution in [-0.2, 0) is 13.7 Å². The van der Waals surface area contributed by atoms with Crippen LogP contribution in [0, 0.1) is 6.92 Å². The highest BCUT2D eigenvalue weighted by Crippen LogP contribution is 2.26. The lowest BCUT2D eigenvalue weighted by Gasteiger charge is -2.13. The molecule has 0 bridgehead atoms. The summed E-state index contributed by atoms with van der Waals surface area (Å²) >= 11 is 6.18. The molecule has 0 aliphatic heterocycles. The molecule has 0 aliphatic rings.